The van der Waals surface area contributed by atoms with Gasteiger partial charge in [-0.25, -0.2) is 0 Å². The molecular formula is C23H30N2OS. The van der Waals surface area contributed by atoms with Crippen LogP contribution in [0.2, 0.25) is 0 Å². The molecule has 4 heteroatoms. The molecule has 0 spiro atoms. The van der Waals surface area contributed by atoms with Gasteiger partial charge in [0.2, 0.25) is 5.78 Å². The summed E-state index contributed by atoms with van der Waals surface area (Å²) in [6.07, 6.45) is 4.38. The van der Waals surface area contributed by atoms with Crippen LogP contribution in [0, 0.1) is 12.3 Å². The molecule has 3 aromatic rings. The van der Waals surface area contributed by atoms with Crippen molar-refractivity contribution in [1.82, 2.24) is 9.13 Å². The van der Waals surface area contributed by atoms with E-state index >= 15 is 0 Å². The van der Waals surface area contributed by atoms with Crippen molar-refractivity contribution in [3.63, 3.8) is 0 Å². The molecule has 0 saturated heterocycles. The van der Waals surface area contributed by atoms with Crippen LogP contribution in [-0.2, 0) is 25.9 Å². The summed E-state index contributed by atoms with van der Waals surface area (Å²) >= 11 is 1.72. The van der Waals surface area contributed by atoms with Gasteiger partial charge in [-0.3, -0.25) is 4.79 Å². The second-order valence-electron chi connectivity index (χ2n) is 8.66. The van der Waals surface area contributed by atoms with Gasteiger partial charge >= 0.3 is 0 Å². The van der Waals surface area contributed by atoms with Crippen LogP contribution in [-0.4, -0.2) is 14.9 Å². The lowest BCUT2D eigenvalue weighted by Gasteiger charge is -2.31. The summed E-state index contributed by atoms with van der Waals surface area (Å²) < 4.78 is 4.62. The van der Waals surface area contributed by atoms with Gasteiger partial charge in [-0.15, -0.1) is 11.3 Å². The Labute approximate surface area is 166 Å². The van der Waals surface area contributed by atoms with E-state index in [4.69, 9.17) is 0 Å². The van der Waals surface area contributed by atoms with E-state index in [1.807, 2.05) is 0 Å². The van der Waals surface area contributed by atoms with Gasteiger partial charge in [0.25, 0.3) is 0 Å². The minimum Gasteiger partial charge on any atom is -0.348 e. The zero-order valence-corrected chi connectivity index (χ0v) is 18.0. The second-order valence-corrected chi connectivity index (χ2v) is 9.56. The first kappa shape index (κ1) is 18.5. The molecule has 3 heterocycles. The number of aromatic nitrogens is 2. The lowest BCUT2D eigenvalue weighted by Crippen LogP contribution is -2.24. The third-order valence-corrected chi connectivity index (χ3v) is 7.11. The van der Waals surface area contributed by atoms with Crippen LogP contribution in [0.1, 0.15) is 73.5 Å². The SMILES string of the molecule is CCCn1c(C)c(C(=O)c2cc3ccsc3n2CC)c2c1CCC(C)(C)C2. The highest BCUT2D eigenvalue weighted by atomic mass is 32.1. The molecule has 0 radical (unpaired) electrons. The predicted molar refractivity (Wildman–Crippen MR) is 114 cm³/mol. The van der Waals surface area contributed by atoms with Crippen molar-refractivity contribution in [3.8, 4) is 0 Å². The van der Waals surface area contributed by atoms with Crippen LogP contribution < -0.4 is 0 Å². The van der Waals surface area contributed by atoms with Crippen molar-refractivity contribution < 1.29 is 4.79 Å². The number of thiophene rings is 1. The Morgan fingerprint density at radius 3 is 2.74 bits per heavy atom. The lowest BCUT2D eigenvalue weighted by atomic mass is 9.75. The molecule has 0 aromatic carbocycles. The predicted octanol–water partition coefficient (Wildman–Crippen LogP) is 5.99. The summed E-state index contributed by atoms with van der Waals surface area (Å²) in [5, 5.41) is 3.29. The maximum absolute atomic E-state index is 13.8. The molecule has 144 valence electrons. The van der Waals surface area contributed by atoms with Crippen molar-refractivity contribution in [2.75, 3.05) is 0 Å². The summed E-state index contributed by atoms with van der Waals surface area (Å²) in [5.41, 5.74) is 5.98. The third kappa shape index (κ3) is 2.89. The van der Waals surface area contributed by atoms with Crippen LogP contribution in [0.5, 0.6) is 0 Å². The van der Waals surface area contributed by atoms with Crippen LogP contribution in [0.15, 0.2) is 17.5 Å². The normalized spacial score (nSPS) is 16.0. The van der Waals surface area contributed by atoms with E-state index in [-0.39, 0.29) is 11.2 Å². The van der Waals surface area contributed by atoms with Crippen molar-refractivity contribution in [2.45, 2.75) is 73.4 Å². The monoisotopic (exact) mass is 382 g/mol. The molecule has 0 bridgehead atoms. The van der Waals surface area contributed by atoms with Crippen molar-refractivity contribution in [3.05, 3.63) is 45.7 Å². The molecule has 0 aliphatic heterocycles. The quantitative estimate of drug-likeness (QED) is 0.498. The van der Waals surface area contributed by atoms with Crippen molar-refractivity contribution in [1.29, 1.82) is 0 Å². The first-order valence-corrected chi connectivity index (χ1v) is 11.1. The fourth-order valence-corrected chi connectivity index (χ4v) is 5.76. The number of nitrogens with zero attached hydrogens (tertiary/aromatic N) is 2. The van der Waals surface area contributed by atoms with Gasteiger partial charge in [0, 0.05) is 35.4 Å². The van der Waals surface area contributed by atoms with E-state index in [0.29, 0.717) is 0 Å². The molecule has 0 fully saturated rings. The molecule has 0 N–H and O–H groups in total. The van der Waals surface area contributed by atoms with Gasteiger partial charge in [0.1, 0.15) is 4.83 Å². The highest BCUT2D eigenvalue weighted by Crippen LogP contribution is 2.40. The fraction of sp³-hybridized carbons (Fsp3) is 0.522. The van der Waals surface area contributed by atoms with Gasteiger partial charge in [-0.05, 0) is 68.0 Å². The third-order valence-electron chi connectivity index (χ3n) is 6.16. The Hall–Kier alpha value is -1.81. The Bertz CT molecular complexity index is 1020. The number of aryl methyl sites for hydroxylation is 1. The van der Waals surface area contributed by atoms with Crippen LogP contribution in [0.25, 0.3) is 10.2 Å². The molecule has 0 amide bonds. The van der Waals surface area contributed by atoms with Crippen LogP contribution >= 0.6 is 11.3 Å². The second kappa shape index (κ2) is 6.66. The summed E-state index contributed by atoms with van der Waals surface area (Å²) in [5.74, 6) is 0.210. The van der Waals surface area contributed by atoms with Crippen LogP contribution in [0.3, 0.4) is 0 Å². The zero-order valence-electron chi connectivity index (χ0n) is 17.2. The number of carbonyl (C=O) groups excluding carboxylic acids is 1. The zero-order chi connectivity index (χ0) is 19.3. The number of carbonyl (C=O) groups is 1. The van der Waals surface area contributed by atoms with Gasteiger partial charge in [0.15, 0.2) is 0 Å². The first-order chi connectivity index (χ1) is 12.9. The summed E-state index contributed by atoms with van der Waals surface area (Å²) in [7, 11) is 0. The number of fused-ring (bicyclic) bond motifs is 2. The maximum atomic E-state index is 13.8. The Balaban J connectivity index is 1.90. The van der Waals surface area contributed by atoms with E-state index in [9.17, 15) is 4.79 Å². The minimum atomic E-state index is 0.210. The molecular weight excluding hydrogens is 352 g/mol. The standard InChI is InChI=1S/C23H30N2OS/c1-6-11-25-15(3)20(17-14-23(4,5)10-8-18(17)25)21(26)19-13-16-9-12-27-22(16)24(19)7-2/h9,12-13H,6-8,10-11,14H2,1-5H3. The molecule has 0 atom stereocenters. The average Bonchev–Trinajstić information content (AvgIpc) is 3.26. The highest BCUT2D eigenvalue weighted by Gasteiger charge is 2.34. The largest absolute Gasteiger partial charge is 0.348 e. The minimum absolute atomic E-state index is 0.210. The smallest absolute Gasteiger partial charge is 0.211 e. The number of ketones is 1. The molecule has 27 heavy (non-hydrogen) atoms. The van der Waals surface area contributed by atoms with E-state index in [1.165, 1.54) is 27.9 Å². The number of hydrogen-bond donors (Lipinski definition) is 0. The van der Waals surface area contributed by atoms with Gasteiger partial charge in [-0.2, -0.15) is 0 Å². The average molecular weight is 383 g/mol. The van der Waals surface area contributed by atoms with Crippen molar-refractivity contribution >= 4 is 27.3 Å². The molecule has 3 aromatic heterocycles. The summed E-state index contributed by atoms with van der Waals surface area (Å²) in [6.45, 7) is 13.0. The molecule has 1 aliphatic rings. The highest BCUT2D eigenvalue weighted by molar-refractivity contribution is 7.16. The molecule has 3 nitrogen and oxygen atoms in total. The Kier molecular flexibility index (Phi) is 4.58. The Morgan fingerprint density at radius 2 is 2.04 bits per heavy atom. The topological polar surface area (TPSA) is 26.9 Å². The van der Waals surface area contributed by atoms with E-state index in [1.54, 1.807) is 11.3 Å². The van der Waals surface area contributed by atoms with Crippen LogP contribution in [0.4, 0.5) is 0 Å². The molecule has 1 aliphatic carbocycles. The molecule has 0 unspecified atom stereocenters. The molecule has 0 saturated carbocycles. The maximum Gasteiger partial charge on any atom is 0.211 e. The van der Waals surface area contributed by atoms with E-state index in [0.717, 1.165) is 49.3 Å². The lowest BCUT2D eigenvalue weighted by molar-refractivity contribution is 0.102. The number of hydrogen-bond acceptors (Lipinski definition) is 2. The molecule has 4 rings (SSSR count). The first-order valence-electron chi connectivity index (χ1n) is 10.2. The summed E-state index contributed by atoms with van der Waals surface area (Å²) in [6, 6.07) is 4.21. The van der Waals surface area contributed by atoms with Gasteiger partial charge in [-0.1, -0.05) is 20.8 Å². The summed E-state index contributed by atoms with van der Waals surface area (Å²) in [4.78, 5) is 15.0. The van der Waals surface area contributed by atoms with Gasteiger partial charge < -0.3 is 9.13 Å². The fourth-order valence-electron chi connectivity index (χ4n) is 4.80. The Morgan fingerprint density at radius 1 is 1.26 bits per heavy atom. The van der Waals surface area contributed by atoms with Crippen molar-refractivity contribution in [2.24, 2.45) is 5.41 Å². The van der Waals surface area contributed by atoms with E-state index < -0.39 is 0 Å². The number of rotatable bonds is 5. The van der Waals surface area contributed by atoms with Gasteiger partial charge in [0.05, 0.1) is 5.69 Å². The van der Waals surface area contributed by atoms with E-state index in [2.05, 4.69) is 61.3 Å².